The van der Waals surface area contributed by atoms with Gasteiger partial charge in [0.25, 0.3) is 23.8 Å². The van der Waals surface area contributed by atoms with E-state index in [2.05, 4.69) is 109 Å². The van der Waals surface area contributed by atoms with Crippen LogP contribution in [0.15, 0.2) is 200 Å². The molecule has 0 radical (unpaired) electrons. The Morgan fingerprint density at radius 3 is 0.937 bits per heavy atom. The summed E-state index contributed by atoms with van der Waals surface area (Å²) in [6.07, 6.45) is 3.25. The van der Waals surface area contributed by atoms with Gasteiger partial charge in [-0.25, -0.2) is 37.0 Å². The van der Waals surface area contributed by atoms with Gasteiger partial charge in [-0.15, -0.1) is 0 Å². The highest BCUT2D eigenvalue weighted by Crippen LogP contribution is 2.30. The molecule has 17 rings (SSSR count). The molecule has 12 aromatic heterocycles. The number of fused-ring (bicyclic) bond motifs is 4. The van der Waals surface area contributed by atoms with Crippen LogP contribution in [0.2, 0.25) is 0 Å². The van der Waals surface area contributed by atoms with Crippen LogP contribution in [-0.4, -0.2) is 182 Å². The Kier molecular flexibility index (Phi) is 28.4. The van der Waals surface area contributed by atoms with Crippen LogP contribution in [0.25, 0.3) is 67.9 Å². The number of para-hydroxylation sites is 9. The Hall–Kier alpha value is -16.1. The summed E-state index contributed by atoms with van der Waals surface area (Å²) in [5.41, 5.74) is 11.4. The maximum atomic E-state index is 12.3. The first-order valence-corrected chi connectivity index (χ1v) is 40.2. The lowest BCUT2D eigenvalue weighted by molar-refractivity contribution is -0.147. The number of unbranched alkanes of at least 4 members (excludes halogenated alkanes) is 2. The summed E-state index contributed by atoms with van der Waals surface area (Å²) < 4.78 is 58.2. The van der Waals surface area contributed by atoms with Gasteiger partial charge in [0.05, 0.1) is 135 Å². The van der Waals surface area contributed by atoms with E-state index in [-0.39, 0.29) is 82.1 Å². The molecule has 0 saturated carbocycles. The highest BCUT2D eigenvalue weighted by atomic mass is 16.6. The van der Waals surface area contributed by atoms with Crippen LogP contribution in [0, 0.1) is 5.92 Å². The van der Waals surface area contributed by atoms with Gasteiger partial charge < -0.3 is 37.9 Å². The largest absolute Gasteiger partial charge is 0.465 e. The third-order valence-corrected chi connectivity index (χ3v) is 18.4. The van der Waals surface area contributed by atoms with E-state index in [1.165, 1.54) is 4.68 Å². The second kappa shape index (κ2) is 41.5. The number of nitrogens with zero attached hydrogens (tertiary/aromatic N) is 28. The molecule has 0 aliphatic rings. The van der Waals surface area contributed by atoms with Crippen LogP contribution in [-0.2, 0) is 114 Å². The molecule has 0 aliphatic carbocycles. The molecule has 0 bridgehead atoms. The third-order valence-electron chi connectivity index (χ3n) is 18.4. The normalized spacial score (nSPS) is 11.1. The predicted molar refractivity (Wildman–Crippen MR) is 452 cm³/mol. The Bertz CT molecular complexity index is 6550. The minimum Gasteiger partial charge on any atom is -0.465 e. The van der Waals surface area contributed by atoms with E-state index in [1.807, 2.05) is 191 Å². The molecule has 12 heterocycles. The first-order valence-electron chi connectivity index (χ1n) is 40.2. The Morgan fingerprint density at radius 1 is 0.325 bits per heavy atom. The van der Waals surface area contributed by atoms with E-state index >= 15 is 0 Å². The van der Waals surface area contributed by atoms with Crippen LogP contribution in [0.5, 0.6) is 29.8 Å². The predicted octanol–water partition coefficient (Wildman–Crippen LogP) is 9.75. The minimum absolute atomic E-state index is 0.0475. The summed E-state index contributed by atoms with van der Waals surface area (Å²) in [7, 11) is 6.99. The number of aryl methyl sites for hydroxylation is 4. The molecule has 0 unspecified atom stereocenters. The number of tetrazole rings is 4. The molecule has 0 fully saturated rings. The van der Waals surface area contributed by atoms with Crippen molar-refractivity contribution in [3.05, 3.63) is 246 Å². The molecule has 644 valence electrons. The number of aromatic nitrogens is 28. The maximum Gasteiger partial charge on any atom is 0.317 e. The van der Waals surface area contributed by atoms with Gasteiger partial charge in [0.1, 0.15) is 32.2 Å². The molecular formula is C86H88N28O12. The van der Waals surface area contributed by atoms with Crippen LogP contribution >= 0.6 is 0 Å². The number of hydrogen-bond donors (Lipinski definition) is 0. The van der Waals surface area contributed by atoms with Gasteiger partial charge in [0, 0.05) is 28.2 Å². The summed E-state index contributed by atoms with van der Waals surface area (Å²) in [5.74, 6) is 1.45. The van der Waals surface area contributed by atoms with Gasteiger partial charge in [0.15, 0.2) is 0 Å². The van der Waals surface area contributed by atoms with Gasteiger partial charge in [-0.1, -0.05) is 145 Å². The molecule has 0 atom stereocenters. The van der Waals surface area contributed by atoms with Crippen molar-refractivity contribution in [2.75, 3.05) is 13.2 Å². The molecular weight excluding hydrogens is 1620 g/mol. The van der Waals surface area contributed by atoms with Gasteiger partial charge >= 0.3 is 47.9 Å². The Balaban J connectivity index is 0.000000136. The Morgan fingerprint density at radius 2 is 0.627 bits per heavy atom. The fourth-order valence-corrected chi connectivity index (χ4v) is 12.7. The molecule has 126 heavy (non-hydrogen) atoms. The molecule has 0 spiro atoms. The zero-order valence-corrected chi connectivity index (χ0v) is 70.3. The molecule has 5 aromatic carbocycles. The van der Waals surface area contributed by atoms with Crippen LogP contribution < -0.4 is 23.7 Å². The highest BCUT2D eigenvalue weighted by Gasteiger charge is 2.25. The fourth-order valence-electron chi connectivity index (χ4n) is 12.7. The van der Waals surface area contributed by atoms with Crippen LogP contribution in [0.3, 0.4) is 0 Å². The molecule has 40 heteroatoms. The first kappa shape index (κ1) is 86.3. The average Bonchev–Trinajstić information content (AvgIpc) is 1.64. The number of hydrogen-bond acceptors (Lipinski definition) is 32. The average molecular weight is 1710 g/mol. The molecule has 0 amide bonds. The smallest absolute Gasteiger partial charge is 0.317 e. The molecule has 40 nitrogen and oxygen atoms in total. The Labute approximate surface area is 719 Å². The SMILES string of the molecule is CC(C)COC(=O)Cc1cccc(COc2nc3ccccc3n2-c2nnnn2C)n1.CC(C)OC(=O)Cc1cccc(COc2nc3ccccc3n2-c2nnnn2C)n1.CCCCCOC(=O)Cc1cccc(COc2nc3ccccc3n2-c2nnnn2C)n1.Cn1nnnc1-n1c(OCc2cccc(CC(=O)Oc3ccccc3)n2)nc2ccccc21. The monoisotopic (exact) mass is 1700 g/mol. The summed E-state index contributed by atoms with van der Waals surface area (Å²) >= 11 is 0. The number of benzene rings is 5. The number of carbonyl (C=O) groups excluding carboxylic acids is 4. The summed E-state index contributed by atoms with van der Waals surface area (Å²) in [6, 6.07) is 62.7. The first-order chi connectivity index (χ1) is 61.3. The quantitative estimate of drug-likeness (QED) is 0.0164. The number of imidazole rings is 4. The molecule has 17 aromatic rings. The van der Waals surface area contributed by atoms with Gasteiger partial charge in [0.2, 0.25) is 0 Å². The zero-order valence-electron chi connectivity index (χ0n) is 70.3. The number of pyridine rings is 4. The van der Waals surface area contributed by atoms with Gasteiger partial charge in [-0.2, -0.15) is 19.9 Å². The van der Waals surface area contributed by atoms with Crippen molar-refractivity contribution in [3.63, 3.8) is 0 Å². The molecule has 0 aliphatic heterocycles. The lowest BCUT2D eigenvalue weighted by Crippen LogP contribution is -2.15. The fraction of sp³-hybridized carbons (Fsp3) is 0.279. The summed E-state index contributed by atoms with van der Waals surface area (Å²) in [6.45, 7) is 11.2. The highest BCUT2D eigenvalue weighted by molar-refractivity contribution is 5.81. The van der Waals surface area contributed by atoms with Crippen molar-refractivity contribution >= 4 is 68.0 Å². The minimum atomic E-state index is -0.386. The van der Waals surface area contributed by atoms with Crippen molar-refractivity contribution in [1.29, 1.82) is 0 Å². The van der Waals surface area contributed by atoms with Gasteiger partial charge in [-0.05, 0) is 177 Å². The molecule has 0 N–H and O–H groups in total. The third kappa shape index (κ3) is 22.4. The van der Waals surface area contributed by atoms with Gasteiger partial charge in [-0.3, -0.25) is 39.1 Å². The second-order valence-electron chi connectivity index (χ2n) is 29.0. The lowest BCUT2D eigenvalue weighted by Gasteiger charge is -2.10. The van der Waals surface area contributed by atoms with E-state index < -0.39 is 0 Å². The number of esters is 4. The maximum absolute atomic E-state index is 12.3. The number of carbonyl (C=O) groups is 4. The van der Waals surface area contributed by atoms with Crippen LogP contribution in [0.4, 0.5) is 0 Å². The van der Waals surface area contributed by atoms with E-state index in [0.29, 0.717) is 118 Å². The van der Waals surface area contributed by atoms with E-state index in [0.717, 1.165) is 63.4 Å². The van der Waals surface area contributed by atoms with Crippen molar-refractivity contribution in [2.45, 2.75) is 112 Å². The van der Waals surface area contributed by atoms with Crippen molar-refractivity contribution in [3.8, 4) is 53.6 Å². The van der Waals surface area contributed by atoms with E-state index in [9.17, 15) is 19.2 Å². The van der Waals surface area contributed by atoms with Crippen LogP contribution in [0.1, 0.15) is 99.4 Å². The zero-order chi connectivity index (χ0) is 87.8. The van der Waals surface area contributed by atoms with Crippen molar-refractivity contribution < 1.29 is 57.1 Å². The lowest BCUT2D eigenvalue weighted by atomic mass is 10.2. The number of ether oxygens (including phenoxy) is 8. The summed E-state index contributed by atoms with van der Waals surface area (Å²) in [5, 5.41) is 46.8. The number of rotatable bonds is 32. The second-order valence-corrected chi connectivity index (χ2v) is 29.0. The van der Waals surface area contributed by atoms with E-state index in [1.54, 1.807) is 96.9 Å². The standard InChI is InChI=1S/C23H19N7O3.C22H25N7O3.C21H23N7O3.C20H21N7O3/c1-29-22(26-27-28-29)30-20-13-6-5-12-19(20)25-23(30)32-15-17-9-7-8-16(24-17)14-21(31)33-18-10-3-2-4-11-18;1-3-4-7-13-31-20(30)14-16-9-8-10-17(23-16)15-32-22-24-18-11-5-6-12-19(18)29(22)21-25-26-27-28(21)2;1-14(2)12-30-19(29)11-15-7-6-8-16(22-15)13-31-21-23-17-9-4-5-10-18(17)28(21)20-24-25-26-27(20)3;1-13(2)30-18(28)11-14-7-6-8-15(21-14)12-29-20-22-16-9-4-5-10-17(16)27(20)19-23-24-25-26(19)3/h2-13H,14-15H2,1H3;5-6,8-12H,3-4,7,13-15H2,1-2H3;4-10,14H,11-13H2,1-3H3;4-10,13H,11-12H2,1-3H3. The molecule has 0 saturated heterocycles. The van der Waals surface area contributed by atoms with Crippen molar-refractivity contribution in [2.24, 2.45) is 34.1 Å². The summed E-state index contributed by atoms with van der Waals surface area (Å²) in [4.78, 5) is 84.5. The van der Waals surface area contributed by atoms with Crippen molar-refractivity contribution in [1.82, 2.24) is 139 Å². The topological polar surface area (TPSA) is 439 Å². The van der Waals surface area contributed by atoms with E-state index in [4.69, 9.17) is 37.9 Å².